The molecule has 1 atom stereocenters. The van der Waals surface area contributed by atoms with Gasteiger partial charge in [-0.15, -0.1) is 11.8 Å². The summed E-state index contributed by atoms with van der Waals surface area (Å²) in [6.45, 7) is 10.2. The zero-order valence-electron chi connectivity index (χ0n) is 19.6. The fourth-order valence-electron chi connectivity index (χ4n) is 4.08. The lowest BCUT2D eigenvalue weighted by Gasteiger charge is -2.41. The number of carbonyl (C=O) groups is 2. The number of allylic oxidation sites excluding steroid dienone is 1. The lowest BCUT2D eigenvalue weighted by molar-refractivity contribution is -0.141. The van der Waals surface area contributed by atoms with Crippen LogP contribution in [0.5, 0.6) is 5.75 Å². The lowest BCUT2D eigenvalue weighted by atomic mass is 9.75. The summed E-state index contributed by atoms with van der Waals surface area (Å²) in [5.74, 6) is 0.144. The van der Waals surface area contributed by atoms with E-state index < -0.39 is 16.1 Å². The van der Waals surface area contributed by atoms with Crippen molar-refractivity contribution >= 4 is 23.6 Å². The maximum atomic E-state index is 14.2. The van der Waals surface area contributed by atoms with Crippen molar-refractivity contribution in [1.29, 1.82) is 0 Å². The third-order valence-corrected chi connectivity index (χ3v) is 7.48. The van der Waals surface area contributed by atoms with E-state index in [2.05, 4.69) is 0 Å². The van der Waals surface area contributed by atoms with Crippen LogP contribution in [0.1, 0.15) is 40.2 Å². The first kappa shape index (κ1) is 23.9. The summed E-state index contributed by atoms with van der Waals surface area (Å²) in [5.41, 5.74) is 1.48. The van der Waals surface area contributed by atoms with E-state index in [0.717, 1.165) is 10.5 Å². The molecule has 0 aromatic heterocycles. The summed E-state index contributed by atoms with van der Waals surface area (Å²) in [4.78, 5) is 30.0. The van der Waals surface area contributed by atoms with Gasteiger partial charge < -0.3 is 14.4 Å². The molecule has 170 valence electrons. The zero-order valence-corrected chi connectivity index (χ0v) is 20.4. The van der Waals surface area contributed by atoms with Crippen LogP contribution in [-0.4, -0.2) is 35.2 Å². The molecule has 5 nitrogen and oxygen atoms in total. The number of hydrogen-bond acceptors (Lipinski definition) is 5. The van der Waals surface area contributed by atoms with E-state index >= 15 is 0 Å². The summed E-state index contributed by atoms with van der Waals surface area (Å²) in [5, 5.41) is 0. The van der Waals surface area contributed by atoms with Gasteiger partial charge in [0.25, 0.3) is 0 Å². The number of amides is 1. The SMILES string of the molecule is CCOC(=O)C1=C(C)N(Cc2ccccc2)C(=O)[C@]1(Sc1cccc(OC)c1)C(C)(C)C. The number of hydrogen-bond donors (Lipinski definition) is 0. The Morgan fingerprint density at radius 2 is 1.78 bits per heavy atom. The van der Waals surface area contributed by atoms with Gasteiger partial charge in [-0.25, -0.2) is 4.79 Å². The molecule has 0 saturated heterocycles. The Bertz CT molecular complexity index is 1030. The monoisotopic (exact) mass is 453 g/mol. The van der Waals surface area contributed by atoms with Crippen LogP contribution < -0.4 is 4.74 Å². The van der Waals surface area contributed by atoms with Gasteiger partial charge in [0.15, 0.2) is 0 Å². The summed E-state index contributed by atoms with van der Waals surface area (Å²) < 4.78 is 9.70. The first-order chi connectivity index (χ1) is 15.2. The number of ether oxygens (including phenoxy) is 2. The maximum Gasteiger partial charge on any atom is 0.337 e. The Hall–Kier alpha value is -2.73. The molecule has 1 amide bonds. The van der Waals surface area contributed by atoms with Crippen molar-refractivity contribution in [2.24, 2.45) is 5.41 Å². The van der Waals surface area contributed by atoms with Gasteiger partial charge >= 0.3 is 5.97 Å². The van der Waals surface area contributed by atoms with E-state index in [-0.39, 0.29) is 12.5 Å². The van der Waals surface area contributed by atoms with Crippen LogP contribution in [0.25, 0.3) is 0 Å². The molecule has 0 fully saturated rings. The van der Waals surface area contributed by atoms with Crippen LogP contribution in [0.15, 0.2) is 70.8 Å². The molecule has 0 radical (unpaired) electrons. The van der Waals surface area contributed by atoms with Gasteiger partial charge in [0.1, 0.15) is 10.5 Å². The Balaban J connectivity index is 2.17. The number of thioether (sulfide) groups is 1. The first-order valence-corrected chi connectivity index (χ1v) is 11.5. The molecule has 0 saturated carbocycles. The quantitative estimate of drug-likeness (QED) is 0.522. The van der Waals surface area contributed by atoms with Crippen molar-refractivity contribution in [1.82, 2.24) is 4.90 Å². The van der Waals surface area contributed by atoms with Gasteiger partial charge in [0.05, 0.1) is 25.8 Å². The number of benzene rings is 2. The van der Waals surface area contributed by atoms with Gasteiger partial charge in [-0.05, 0) is 43.0 Å². The molecule has 1 aliphatic rings. The van der Waals surface area contributed by atoms with Gasteiger partial charge in [0, 0.05) is 10.6 Å². The van der Waals surface area contributed by atoms with E-state index in [1.54, 1.807) is 18.9 Å². The highest BCUT2D eigenvalue weighted by Gasteiger charge is 2.61. The van der Waals surface area contributed by atoms with Crippen molar-refractivity contribution in [3.05, 3.63) is 71.4 Å². The normalized spacial score (nSPS) is 18.8. The van der Waals surface area contributed by atoms with Crippen LogP contribution in [-0.2, 0) is 20.9 Å². The summed E-state index contributed by atoms with van der Waals surface area (Å²) in [7, 11) is 1.61. The minimum atomic E-state index is -1.15. The minimum absolute atomic E-state index is 0.109. The number of rotatable bonds is 7. The van der Waals surface area contributed by atoms with Crippen LogP contribution in [0.3, 0.4) is 0 Å². The molecule has 32 heavy (non-hydrogen) atoms. The predicted octanol–water partition coefficient (Wildman–Crippen LogP) is 5.45. The van der Waals surface area contributed by atoms with Crippen molar-refractivity contribution in [2.45, 2.75) is 50.8 Å². The Labute approximate surface area is 194 Å². The van der Waals surface area contributed by atoms with E-state index in [4.69, 9.17) is 9.47 Å². The van der Waals surface area contributed by atoms with Crippen LogP contribution in [0.4, 0.5) is 0 Å². The molecule has 2 aromatic carbocycles. The van der Waals surface area contributed by atoms with Crippen LogP contribution >= 0.6 is 11.8 Å². The van der Waals surface area contributed by atoms with Gasteiger partial charge in [-0.2, -0.15) is 0 Å². The predicted molar refractivity (Wildman–Crippen MR) is 127 cm³/mol. The third-order valence-electron chi connectivity index (χ3n) is 5.70. The van der Waals surface area contributed by atoms with E-state index in [9.17, 15) is 9.59 Å². The Kier molecular flexibility index (Phi) is 7.03. The topological polar surface area (TPSA) is 55.8 Å². The first-order valence-electron chi connectivity index (χ1n) is 10.7. The van der Waals surface area contributed by atoms with Crippen molar-refractivity contribution < 1.29 is 19.1 Å². The second-order valence-corrected chi connectivity index (χ2v) is 10.1. The van der Waals surface area contributed by atoms with E-state index in [0.29, 0.717) is 23.6 Å². The molecule has 0 spiro atoms. The third kappa shape index (κ3) is 4.29. The standard InChI is InChI=1S/C26H31NO4S/c1-7-31-23(28)22-18(2)27(17-19-12-9-8-10-13-19)24(29)26(22,25(3,4)5)32-21-15-11-14-20(16-21)30-6/h8-16H,7,17H2,1-6H3/t26-/m0/s1. The van der Waals surface area contributed by atoms with Crippen molar-refractivity contribution in [2.75, 3.05) is 13.7 Å². The molecular weight excluding hydrogens is 422 g/mol. The van der Waals surface area contributed by atoms with E-state index in [1.807, 2.05) is 82.3 Å². The summed E-state index contributed by atoms with van der Waals surface area (Å²) >= 11 is 1.39. The number of methoxy groups -OCH3 is 1. The smallest absolute Gasteiger partial charge is 0.337 e. The van der Waals surface area contributed by atoms with Gasteiger partial charge in [0.2, 0.25) is 5.91 Å². The Morgan fingerprint density at radius 1 is 1.09 bits per heavy atom. The maximum absolute atomic E-state index is 14.2. The highest BCUT2D eigenvalue weighted by atomic mass is 32.2. The molecule has 0 bridgehead atoms. The number of esters is 1. The zero-order chi connectivity index (χ0) is 23.5. The average Bonchev–Trinajstić information content (AvgIpc) is 2.96. The molecule has 0 unspecified atom stereocenters. The molecule has 1 heterocycles. The van der Waals surface area contributed by atoms with Crippen molar-refractivity contribution in [3.63, 3.8) is 0 Å². The highest BCUT2D eigenvalue weighted by Crippen LogP contribution is 2.56. The molecule has 2 aromatic rings. The van der Waals surface area contributed by atoms with Gasteiger partial charge in [-0.1, -0.05) is 57.2 Å². The number of nitrogens with zero attached hydrogens (tertiary/aromatic N) is 1. The molecule has 6 heteroatoms. The van der Waals surface area contributed by atoms with Crippen molar-refractivity contribution in [3.8, 4) is 5.75 Å². The fraction of sp³-hybridized carbons (Fsp3) is 0.385. The molecule has 0 N–H and O–H groups in total. The number of carbonyl (C=O) groups excluding carboxylic acids is 2. The largest absolute Gasteiger partial charge is 0.497 e. The Morgan fingerprint density at radius 3 is 2.38 bits per heavy atom. The van der Waals surface area contributed by atoms with E-state index in [1.165, 1.54) is 11.8 Å². The summed E-state index contributed by atoms with van der Waals surface area (Å²) in [6, 6.07) is 17.4. The lowest BCUT2D eigenvalue weighted by Crippen LogP contribution is -2.51. The molecule has 0 aliphatic carbocycles. The second kappa shape index (κ2) is 9.41. The molecule has 3 rings (SSSR count). The highest BCUT2D eigenvalue weighted by molar-refractivity contribution is 8.01. The average molecular weight is 454 g/mol. The summed E-state index contributed by atoms with van der Waals surface area (Å²) in [6.07, 6.45) is 0. The molecule has 1 aliphatic heterocycles. The molecular formula is C26H31NO4S. The second-order valence-electron chi connectivity index (χ2n) is 8.77. The van der Waals surface area contributed by atoms with Gasteiger partial charge in [-0.3, -0.25) is 4.79 Å². The minimum Gasteiger partial charge on any atom is -0.497 e. The fourth-order valence-corrected chi connectivity index (χ4v) is 5.59. The van der Waals surface area contributed by atoms with Crippen LogP contribution in [0.2, 0.25) is 0 Å². The van der Waals surface area contributed by atoms with Crippen LogP contribution in [0, 0.1) is 5.41 Å².